The van der Waals surface area contributed by atoms with Crippen LogP contribution < -0.4 is 5.32 Å². The lowest BCUT2D eigenvalue weighted by Crippen LogP contribution is -2.41. The Balaban J connectivity index is 1.97. The predicted molar refractivity (Wildman–Crippen MR) is 81.7 cm³/mol. The van der Waals surface area contributed by atoms with E-state index in [1.807, 2.05) is 31.2 Å². The zero-order chi connectivity index (χ0) is 14.7. The molecule has 2 rings (SSSR count). The summed E-state index contributed by atoms with van der Waals surface area (Å²) in [7, 11) is 0. The van der Waals surface area contributed by atoms with Gasteiger partial charge in [0, 0.05) is 36.1 Å². The van der Waals surface area contributed by atoms with E-state index < -0.39 is 0 Å². The molecule has 5 heteroatoms. The molecule has 1 aromatic rings. The molecule has 0 saturated carbocycles. The largest absolute Gasteiger partial charge is 0.352 e. The molecule has 20 heavy (non-hydrogen) atoms. The summed E-state index contributed by atoms with van der Waals surface area (Å²) in [4.78, 5) is 25.6. The molecule has 1 heterocycles. The maximum atomic E-state index is 12.4. The number of hydrogen-bond acceptors (Lipinski definition) is 3. The molecule has 0 bridgehead atoms. The minimum absolute atomic E-state index is 0.0104. The van der Waals surface area contributed by atoms with Crippen molar-refractivity contribution in [1.29, 1.82) is 0 Å². The number of halogens is 1. The minimum Gasteiger partial charge on any atom is -0.352 e. The number of nitrogens with one attached hydrogen (secondary N) is 1. The van der Waals surface area contributed by atoms with Gasteiger partial charge in [0.05, 0.1) is 6.04 Å². The third kappa shape index (κ3) is 3.67. The maximum absolute atomic E-state index is 12.4. The molecule has 108 valence electrons. The molecule has 1 fully saturated rings. The summed E-state index contributed by atoms with van der Waals surface area (Å²) < 4.78 is 0.966. The lowest BCUT2D eigenvalue weighted by Gasteiger charge is -2.23. The summed E-state index contributed by atoms with van der Waals surface area (Å²) in [6.45, 7) is 5.04. The molecule has 1 amide bonds. The highest BCUT2D eigenvalue weighted by Gasteiger charge is 2.30. The van der Waals surface area contributed by atoms with E-state index in [2.05, 4.69) is 26.1 Å². The van der Waals surface area contributed by atoms with Crippen molar-refractivity contribution in [3.05, 3.63) is 34.3 Å². The van der Waals surface area contributed by atoms with Crippen LogP contribution in [0.15, 0.2) is 28.7 Å². The van der Waals surface area contributed by atoms with Gasteiger partial charge in [-0.05, 0) is 25.5 Å². The van der Waals surface area contributed by atoms with E-state index >= 15 is 0 Å². The average Bonchev–Trinajstić information content (AvgIpc) is 2.85. The lowest BCUT2D eigenvalue weighted by atomic mass is 10.0. The first-order valence-electron chi connectivity index (χ1n) is 6.78. The number of amides is 1. The van der Waals surface area contributed by atoms with Crippen molar-refractivity contribution in [2.45, 2.75) is 32.4 Å². The molecule has 0 radical (unpaired) electrons. The van der Waals surface area contributed by atoms with Gasteiger partial charge in [0.15, 0.2) is 5.78 Å². The van der Waals surface area contributed by atoms with Crippen molar-refractivity contribution in [3.8, 4) is 0 Å². The molecule has 2 unspecified atom stereocenters. The minimum atomic E-state index is -0.157. The Morgan fingerprint density at radius 3 is 2.60 bits per heavy atom. The van der Waals surface area contributed by atoms with E-state index in [4.69, 9.17) is 0 Å². The SMILES string of the molecule is CC(=O)NC1CCN(C(C)C(=O)c2ccc(Br)cc2)C1. The summed E-state index contributed by atoms with van der Waals surface area (Å²) in [5.41, 5.74) is 0.726. The summed E-state index contributed by atoms with van der Waals surface area (Å²) in [5.74, 6) is 0.115. The number of nitrogens with zero attached hydrogens (tertiary/aromatic N) is 1. The predicted octanol–water partition coefficient (Wildman–Crippen LogP) is 2.23. The second-order valence-electron chi connectivity index (χ2n) is 5.23. The molecule has 1 aliphatic heterocycles. The van der Waals surface area contributed by atoms with E-state index in [1.165, 1.54) is 6.92 Å². The van der Waals surface area contributed by atoms with Crippen LogP contribution in [0.2, 0.25) is 0 Å². The van der Waals surface area contributed by atoms with Crippen molar-refractivity contribution in [2.75, 3.05) is 13.1 Å². The van der Waals surface area contributed by atoms with Crippen LogP contribution in [0.3, 0.4) is 0 Å². The molecule has 4 nitrogen and oxygen atoms in total. The molecular weight excluding hydrogens is 320 g/mol. The molecule has 1 aromatic carbocycles. The zero-order valence-corrected chi connectivity index (χ0v) is 13.3. The Kier molecular flexibility index (Phi) is 4.94. The Morgan fingerprint density at radius 2 is 2.00 bits per heavy atom. The van der Waals surface area contributed by atoms with Gasteiger partial charge >= 0.3 is 0 Å². The third-order valence-electron chi connectivity index (χ3n) is 3.68. The van der Waals surface area contributed by atoms with Crippen LogP contribution in [0.1, 0.15) is 30.6 Å². The van der Waals surface area contributed by atoms with E-state index in [-0.39, 0.29) is 23.8 Å². The van der Waals surface area contributed by atoms with Gasteiger partial charge in [-0.3, -0.25) is 14.5 Å². The summed E-state index contributed by atoms with van der Waals surface area (Å²) in [6, 6.07) is 7.44. The second-order valence-corrected chi connectivity index (χ2v) is 6.14. The highest BCUT2D eigenvalue weighted by molar-refractivity contribution is 9.10. The zero-order valence-electron chi connectivity index (χ0n) is 11.7. The molecule has 1 N–H and O–H groups in total. The summed E-state index contributed by atoms with van der Waals surface area (Å²) in [6.07, 6.45) is 0.900. The fourth-order valence-electron chi connectivity index (χ4n) is 2.57. The fraction of sp³-hybridized carbons (Fsp3) is 0.467. The van der Waals surface area contributed by atoms with Crippen molar-refractivity contribution in [2.24, 2.45) is 0 Å². The molecule has 1 saturated heterocycles. The van der Waals surface area contributed by atoms with Gasteiger partial charge < -0.3 is 5.32 Å². The van der Waals surface area contributed by atoms with E-state index in [0.717, 1.165) is 29.5 Å². The van der Waals surface area contributed by atoms with Crippen molar-refractivity contribution >= 4 is 27.6 Å². The van der Waals surface area contributed by atoms with Crippen LogP contribution in [-0.2, 0) is 4.79 Å². The van der Waals surface area contributed by atoms with Crippen molar-refractivity contribution in [3.63, 3.8) is 0 Å². The van der Waals surface area contributed by atoms with Gasteiger partial charge in [0.2, 0.25) is 5.91 Å². The van der Waals surface area contributed by atoms with Crippen molar-refractivity contribution in [1.82, 2.24) is 10.2 Å². The first kappa shape index (κ1) is 15.2. The van der Waals surface area contributed by atoms with Gasteiger partial charge in [-0.15, -0.1) is 0 Å². The standard InChI is InChI=1S/C15H19BrN2O2/c1-10(15(20)12-3-5-13(16)6-4-12)18-8-7-14(9-18)17-11(2)19/h3-6,10,14H,7-9H2,1-2H3,(H,17,19). The van der Waals surface area contributed by atoms with Gasteiger partial charge in [-0.2, -0.15) is 0 Å². The lowest BCUT2D eigenvalue weighted by molar-refractivity contribution is -0.119. The summed E-state index contributed by atoms with van der Waals surface area (Å²) in [5, 5.41) is 2.91. The normalized spacial score (nSPS) is 20.6. The van der Waals surface area contributed by atoms with E-state index in [9.17, 15) is 9.59 Å². The number of carbonyl (C=O) groups excluding carboxylic acids is 2. The molecular formula is C15H19BrN2O2. The Bertz CT molecular complexity index is 501. The van der Waals surface area contributed by atoms with Crippen LogP contribution in [0, 0.1) is 0 Å². The molecule has 1 aliphatic rings. The second kappa shape index (κ2) is 6.50. The monoisotopic (exact) mass is 338 g/mol. The topological polar surface area (TPSA) is 49.4 Å². The highest BCUT2D eigenvalue weighted by Crippen LogP contribution is 2.18. The molecule has 0 aliphatic carbocycles. The first-order valence-corrected chi connectivity index (χ1v) is 7.57. The van der Waals surface area contributed by atoms with Crippen LogP contribution in [0.4, 0.5) is 0 Å². The van der Waals surface area contributed by atoms with Crippen molar-refractivity contribution < 1.29 is 9.59 Å². The Hall–Kier alpha value is -1.20. The van der Waals surface area contributed by atoms with Crippen LogP contribution in [0.25, 0.3) is 0 Å². The van der Waals surface area contributed by atoms with E-state index in [1.54, 1.807) is 0 Å². The van der Waals surface area contributed by atoms with E-state index in [0.29, 0.717) is 0 Å². The number of carbonyl (C=O) groups is 2. The average molecular weight is 339 g/mol. The number of Topliss-reactive ketones (excluding diaryl/α,β-unsaturated/α-hetero) is 1. The van der Waals surface area contributed by atoms with Gasteiger partial charge in [-0.25, -0.2) is 0 Å². The van der Waals surface area contributed by atoms with Gasteiger partial charge in [0.25, 0.3) is 0 Å². The third-order valence-corrected chi connectivity index (χ3v) is 4.21. The highest BCUT2D eigenvalue weighted by atomic mass is 79.9. The Morgan fingerprint density at radius 1 is 1.35 bits per heavy atom. The quantitative estimate of drug-likeness (QED) is 0.856. The van der Waals surface area contributed by atoms with Crippen LogP contribution >= 0.6 is 15.9 Å². The van der Waals surface area contributed by atoms with Crippen LogP contribution in [-0.4, -0.2) is 41.8 Å². The van der Waals surface area contributed by atoms with Gasteiger partial charge in [0.1, 0.15) is 0 Å². The fourth-order valence-corrected chi connectivity index (χ4v) is 2.83. The van der Waals surface area contributed by atoms with Gasteiger partial charge in [-0.1, -0.05) is 28.1 Å². The molecule has 2 atom stereocenters. The number of rotatable bonds is 4. The molecule has 0 spiro atoms. The molecule has 0 aromatic heterocycles. The Labute approximate surface area is 127 Å². The number of benzene rings is 1. The number of hydrogen-bond donors (Lipinski definition) is 1. The number of likely N-dealkylation sites (tertiary alicyclic amines) is 1. The first-order chi connectivity index (χ1) is 9.47. The summed E-state index contributed by atoms with van der Waals surface area (Å²) >= 11 is 3.37. The maximum Gasteiger partial charge on any atom is 0.217 e. The smallest absolute Gasteiger partial charge is 0.217 e. The number of ketones is 1. The van der Waals surface area contributed by atoms with Crippen LogP contribution in [0.5, 0.6) is 0 Å².